The number of nitrogens with two attached hydrogens (primary N) is 1. The van der Waals surface area contributed by atoms with Crippen LogP contribution >= 0.6 is 11.6 Å². The van der Waals surface area contributed by atoms with Gasteiger partial charge in [-0.3, -0.25) is 4.79 Å². The first-order chi connectivity index (χ1) is 10.0. The number of carboxylic acid groups (broad SMARTS) is 1. The summed E-state index contributed by atoms with van der Waals surface area (Å²) >= 11 is 6.02. The van der Waals surface area contributed by atoms with E-state index in [1.165, 1.54) is 0 Å². The Balaban J connectivity index is 2.45. The van der Waals surface area contributed by atoms with E-state index in [4.69, 9.17) is 27.2 Å². The Bertz CT molecular complexity index is 658. The molecule has 0 aliphatic rings. The second kappa shape index (κ2) is 6.61. The van der Waals surface area contributed by atoms with Crippen LogP contribution in [-0.4, -0.2) is 18.2 Å². The van der Waals surface area contributed by atoms with E-state index >= 15 is 0 Å². The van der Waals surface area contributed by atoms with E-state index in [0.717, 1.165) is 16.7 Å². The minimum absolute atomic E-state index is 0.124. The topological polar surface area (TPSA) is 72.5 Å². The first-order valence-corrected chi connectivity index (χ1v) is 6.80. The minimum atomic E-state index is -0.928. The molecular formula is C16H16ClNO3. The number of methoxy groups -OCH3 is 1. The maximum atomic E-state index is 10.8. The van der Waals surface area contributed by atoms with Gasteiger partial charge in [-0.1, -0.05) is 29.8 Å². The van der Waals surface area contributed by atoms with Crippen LogP contribution in [-0.2, 0) is 4.79 Å². The van der Waals surface area contributed by atoms with E-state index in [-0.39, 0.29) is 6.42 Å². The van der Waals surface area contributed by atoms with Crippen LogP contribution in [0.25, 0.3) is 11.1 Å². The van der Waals surface area contributed by atoms with Crippen molar-refractivity contribution in [3.8, 4) is 16.9 Å². The molecule has 0 saturated carbocycles. The van der Waals surface area contributed by atoms with Crippen molar-refractivity contribution >= 4 is 17.6 Å². The van der Waals surface area contributed by atoms with Crippen LogP contribution in [0.3, 0.4) is 0 Å². The van der Waals surface area contributed by atoms with Gasteiger partial charge in [0.15, 0.2) is 0 Å². The van der Waals surface area contributed by atoms with Crippen molar-refractivity contribution in [2.75, 3.05) is 7.11 Å². The molecular weight excluding hydrogens is 290 g/mol. The number of carbonyl (C=O) groups is 1. The lowest BCUT2D eigenvalue weighted by molar-refractivity contribution is -0.137. The number of rotatable bonds is 5. The molecule has 21 heavy (non-hydrogen) atoms. The molecule has 0 saturated heterocycles. The summed E-state index contributed by atoms with van der Waals surface area (Å²) in [5.41, 5.74) is 8.38. The molecule has 1 unspecified atom stereocenters. The number of ether oxygens (including phenoxy) is 1. The molecule has 0 radical (unpaired) electrons. The van der Waals surface area contributed by atoms with Crippen LogP contribution < -0.4 is 10.5 Å². The first-order valence-electron chi connectivity index (χ1n) is 6.42. The van der Waals surface area contributed by atoms with Gasteiger partial charge in [-0.25, -0.2) is 0 Å². The van der Waals surface area contributed by atoms with Gasteiger partial charge in [0.2, 0.25) is 0 Å². The van der Waals surface area contributed by atoms with Crippen molar-refractivity contribution in [3.05, 3.63) is 53.1 Å². The highest BCUT2D eigenvalue weighted by molar-refractivity contribution is 6.30. The Hall–Kier alpha value is -2.04. The standard InChI is InChI=1S/C16H16ClNO3/c1-21-15-6-5-11(14(18)9-16(19)20)8-13(15)10-3-2-4-12(17)7-10/h2-8,14H,9,18H2,1H3,(H,19,20). The average molecular weight is 306 g/mol. The van der Waals surface area contributed by atoms with Gasteiger partial charge in [0.25, 0.3) is 0 Å². The highest BCUT2D eigenvalue weighted by Gasteiger charge is 2.14. The summed E-state index contributed by atoms with van der Waals surface area (Å²) < 4.78 is 5.36. The summed E-state index contributed by atoms with van der Waals surface area (Å²) in [6.45, 7) is 0. The van der Waals surface area contributed by atoms with Gasteiger partial charge in [-0.2, -0.15) is 0 Å². The van der Waals surface area contributed by atoms with E-state index in [9.17, 15) is 4.79 Å². The number of aliphatic carboxylic acids is 1. The molecule has 4 nitrogen and oxygen atoms in total. The molecule has 0 aliphatic carbocycles. The number of benzene rings is 2. The van der Waals surface area contributed by atoms with Crippen molar-refractivity contribution < 1.29 is 14.6 Å². The average Bonchev–Trinajstić information content (AvgIpc) is 2.45. The van der Waals surface area contributed by atoms with Gasteiger partial charge in [-0.05, 0) is 35.4 Å². The van der Waals surface area contributed by atoms with E-state index < -0.39 is 12.0 Å². The molecule has 0 fully saturated rings. The summed E-state index contributed by atoms with van der Waals surface area (Å²) in [5, 5.41) is 9.47. The Morgan fingerprint density at radius 1 is 1.33 bits per heavy atom. The molecule has 0 spiro atoms. The molecule has 1 atom stereocenters. The summed E-state index contributed by atoms with van der Waals surface area (Å²) in [6, 6.07) is 12.2. The normalized spacial score (nSPS) is 12.0. The molecule has 2 rings (SSSR count). The summed E-state index contributed by atoms with van der Waals surface area (Å²) in [7, 11) is 1.58. The molecule has 0 bridgehead atoms. The van der Waals surface area contributed by atoms with Crippen LogP contribution in [0.1, 0.15) is 18.0 Å². The third kappa shape index (κ3) is 3.74. The molecule has 110 valence electrons. The van der Waals surface area contributed by atoms with Crippen molar-refractivity contribution in [3.63, 3.8) is 0 Å². The molecule has 5 heteroatoms. The van der Waals surface area contributed by atoms with Gasteiger partial charge >= 0.3 is 5.97 Å². The zero-order valence-electron chi connectivity index (χ0n) is 11.5. The third-order valence-corrected chi connectivity index (χ3v) is 3.42. The highest BCUT2D eigenvalue weighted by Crippen LogP contribution is 2.33. The van der Waals surface area contributed by atoms with Crippen LogP contribution in [0.15, 0.2) is 42.5 Å². The first kappa shape index (κ1) is 15.4. The fraction of sp³-hybridized carbons (Fsp3) is 0.188. The van der Waals surface area contributed by atoms with E-state index in [2.05, 4.69) is 0 Å². The van der Waals surface area contributed by atoms with Crippen molar-refractivity contribution in [1.29, 1.82) is 0 Å². The van der Waals surface area contributed by atoms with Gasteiger partial charge in [0, 0.05) is 16.6 Å². The zero-order chi connectivity index (χ0) is 15.4. The van der Waals surface area contributed by atoms with Crippen molar-refractivity contribution in [2.45, 2.75) is 12.5 Å². The summed E-state index contributed by atoms with van der Waals surface area (Å²) in [4.78, 5) is 10.8. The van der Waals surface area contributed by atoms with Crippen molar-refractivity contribution in [1.82, 2.24) is 0 Å². The minimum Gasteiger partial charge on any atom is -0.496 e. The lowest BCUT2D eigenvalue weighted by Crippen LogP contribution is -2.15. The van der Waals surface area contributed by atoms with Gasteiger partial charge in [-0.15, -0.1) is 0 Å². The third-order valence-electron chi connectivity index (χ3n) is 3.18. The maximum absolute atomic E-state index is 10.8. The quantitative estimate of drug-likeness (QED) is 0.887. The summed E-state index contributed by atoms with van der Waals surface area (Å²) in [5.74, 6) is -0.244. The van der Waals surface area contributed by atoms with Gasteiger partial charge < -0.3 is 15.6 Å². The van der Waals surface area contributed by atoms with E-state index in [1.54, 1.807) is 25.3 Å². The second-order valence-corrected chi connectivity index (χ2v) is 5.11. The Kier molecular flexibility index (Phi) is 4.83. The van der Waals surface area contributed by atoms with Gasteiger partial charge in [0.1, 0.15) is 5.75 Å². The van der Waals surface area contributed by atoms with E-state index in [0.29, 0.717) is 10.8 Å². The van der Waals surface area contributed by atoms with Crippen LogP contribution in [0.2, 0.25) is 5.02 Å². The fourth-order valence-corrected chi connectivity index (χ4v) is 2.33. The Morgan fingerprint density at radius 3 is 2.71 bits per heavy atom. The van der Waals surface area contributed by atoms with Crippen molar-refractivity contribution in [2.24, 2.45) is 5.73 Å². The molecule has 0 heterocycles. The number of hydrogen-bond acceptors (Lipinski definition) is 3. The Morgan fingerprint density at radius 2 is 2.10 bits per heavy atom. The maximum Gasteiger partial charge on any atom is 0.305 e. The SMILES string of the molecule is COc1ccc(C(N)CC(=O)O)cc1-c1cccc(Cl)c1. The van der Waals surface area contributed by atoms with Crippen LogP contribution in [0.5, 0.6) is 5.75 Å². The molecule has 0 amide bonds. The lowest BCUT2D eigenvalue weighted by Gasteiger charge is -2.14. The number of carboxylic acids is 1. The van der Waals surface area contributed by atoms with Crippen LogP contribution in [0, 0.1) is 0 Å². The monoisotopic (exact) mass is 305 g/mol. The number of hydrogen-bond donors (Lipinski definition) is 2. The van der Waals surface area contributed by atoms with Crippen LogP contribution in [0.4, 0.5) is 0 Å². The predicted octanol–water partition coefficient (Wildman–Crippen LogP) is 3.49. The number of halogens is 1. The predicted molar refractivity (Wildman–Crippen MR) is 82.6 cm³/mol. The second-order valence-electron chi connectivity index (χ2n) is 4.67. The Labute approximate surface area is 128 Å². The molecule has 0 aliphatic heterocycles. The largest absolute Gasteiger partial charge is 0.496 e. The molecule has 2 aromatic carbocycles. The summed E-state index contributed by atoms with van der Waals surface area (Å²) in [6.07, 6.45) is -0.124. The highest BCUT2D eigenvalue weighted by atomic mass is 35.5. The lowest BCUT2D eigenvalue weighted by atomic mass is 9.97. The molecule has 0 aromatic heterocycles. The van der Waals surface area contributed by atoms with E-state index in [1.807, 2.05) is 24.3 Å². The fourth-order valence-electron chi connectivity index (χ4n) is 2.14. The van der Waals surface area contributed by atoms with Gasteiger partial charge in [0.05, 0.1) is 13.5 Å². The molecule has 3 N–H and O–H groups in total. The smallest absolute Gasteiger partial charge is 0.305 e. The molecule has 2 aromatic rings. The zero-order valence-corrected chi connectivity index (χ0v) is 12.3.